The smallest absolute Gasteiger partial charge is 0.366 e. The molecule has 0 aliphatic rings. The molecule has 0 saturated heterocycles. The van der Waals surface area contributed by atoms with Crippen molar-refractivity contribution in [2.75, 3.05) is 0 Å². The lowest BCUT2D eigenvalue weighted by molar-refractivity contribution is -0.137. The van der Waals surface area contributed by atoms with Crippen LogP contribution in [0.4, 0.5) is 13.2 Å². The first-order valence-corrected chi connectivity index (χ1v) is 8.16. The summed E-state index contributed by atoms with van der Waals surface area (Å²) in [5, 5.41) is 13.1. The number of primary amides is 1. The molecule has 0 fully saturated rings. The maximum absolute atomic E-state index is 13.0. The Morgan fingerprint density at radius 2 is 2.00 bits per heavy atom. The number of nitrogens with two attached hydrogens (primary N) is 1. The SMILES string of the molecule is Cc1cc(-c2ncn(/C=C(/C(N)=O)c3ccnc(C#N)c3)n2)cc(C(F)(F)F)c1. The third kappa shape index (κ3) is 4.47. The Hall–Kier alpha value is -4.00. The van der Waals surface area contributed by atoms with Gasteiger partial charge in [0.1, 0.15) is 18.1 Å². The van der Waals surface area contributed by atoms with Crippen LogP contribution in [0.3, 0.4) is 0 Å². The third-order valence-electron chi connectivity index (χ3n) is 3.88. The Labute approximate surface area is 162 Å². The minimum Gasteiger partial charge on any atom is -0.366 e. The summed E-state index contributed by atoms with van der Waals surface area (Å²) in [6, 6.07) is 8.23. The summed E-state index contributed by atoms with van der Waals surface area (Å²) in [5.74, 6) is -0.737. The van der Waals surface area contributed by atoms with Gasteiger partial charge in [0.2, 0.25) is 0 Å². The van der Waals surface area contributed by atoms with E-state index in [1.807, 2.05) is 6.07 Å². The largest absolute Gasteiger partial charge is 0.416 e. The van der Waals surface area contributed by atoms with E-state index < -0.39 is 17.6 Å². The number of carbonyl (C=O) groups is 1. The van der Waals surface area contributed by atoms with Gasteiger partial charge >= 0.3 is 6.18 Å². The summed E-state index contributed by atoms with van der Waals surface area (Å²) in [6.45, 7) is 1.54. The van der Waals surface area contributed by atoms with Crippen LogP contribution in [0.25, 0.3) is 23.2 Å². The van der Waals surface area contributed by atoms with Crippen LogP contribution in [0.1, 0.15) is 22.4 Å². The number of amides is 1. The highest BCUT2D eigenvalue weighted by Gasteiger charge is 2.31. The van der Waals surface area contributed by atoms with Crippen LogP contribution in [0, 0.1) is 18.3 Å². The molecule has 2 N–H and O–H groups in total. The number of benzene rings is 1. The van der Waals surface area contributed by atoms with E-state index in [-0.39, 0.29) is 22.7 Å². The Morgan fingerprint density at radius 3 is 2.66 bits per heavy atom. The molecule has 1 amide bonds. The zero-order chi connectivity index (χ0) is 21.2. The van der Waals surface area contributed by atoms with Crippen molar-refractivity contribution in [1.82, 2.24) is 19.7 Å². The van der Waals surface area contributed by atoms with Crippen LogP contribution in [0.5, 0.6) is 0 Å². The first-order valence-electron chi connectivity index (χ1n) is 8.16. The third-order valence-corrected chi connectivity index (χ3v) is 3.88. The fraction of sp³-hybridized carbons (Fsp3) is 0.105. The first kappa shape index (κ1) is 19.8. The molecule has 0 aliphatic carbocycles. The molecule has 1 aromatic carbocycles. The average molecular weight is 398 g/mol. The van der Waals surface area contributed by atoms with Gasteiger partial charge < -0.3 is 5.73 Å². The van der Waals surface area contributed by atoms with Crippen molar-refractivity contribution in [2.24, 2.45) is 5.73 Å². The molecule has 29 heavy (non-hydrogen) atoms. The van der Waals surface area contributed by atoms with Crippen LogP contribution < -0.4 is 5.73 Å². The Bertz CT molecular complexity index is 1160. The number of hydrogen-bond donors (Lipinski definition) is 1. The molecule has 2 heterocycles. The van der Waals surface area contributed by atoms with Crippen molar-refractivity contribution in [2.45, 2.75) is 13.1 Å². The molecular weight excluding hydrogens is 385 g/mol. The number of nitrogens with zero attached hydrogens (tertiary/aromatic N) is 5. The minimum atomic E-state index is -4.50. The Kier molecular flexibility index (Phi) is 5.14. The van der Waals surface area contributed by atoms with Crippen LogP contribution in [0.2, 0.25) is 0 Å². The molecule has 0 saturated carbocycles. The second kappa shape index (κ2) is 7.55. The van der Waals surface area contributed by atoms with Gasteiger partial charge in [0, 0.05) is 18.0 Å². The van der Waals surface area contributed by atoms with E-state index in [9.17, 15) is 18.0 Å². The number of aryl methyl sites for hydroxylation is 1. The molecule has 3 aromatic rings. The fourth-order valence-corrected chi connectivity index (χ4v) is 2.62. The normalized spacial score (nSPS) is 11.9. The maximum atomic E-state index is 13.0. The lowest BCUT2D eigenvalue weighted by Gasteiger charge is -2.09. The number of rotatable bonds is 4. The maximum Gasteiger partial charge on any atom is 0.416 e. The number of alkyl halides is 3. The summed E-state index contributed by atoms with van der Waals surface area (Å²) < 4.78 is 40.3. The minimum absolute atomic E-state index is 0.0283. The molecule has 10 heteroatoms. The van der Waals surface area contributed by atoms with Crippen molar-refractivity contribution in [3.63, 3.8) is 0 Å². The van der Waals surface area contributed by atoms with Crippen molar-refractivity contribution in [3.05, 3.63) is 65.2 Å². The van der Waals surface area contributed by atoms with Crippen molar-refractivity contribution >= 4 is 17.7 Å². The van der Waals surface area contributed by atoms with E-state index in [0.717, 1.165) is 16.8 Å². The van der Waals surface area contributed by atoms with E-state index in [4.69, 9.17) is 11.0 Å². The van der Waals surface area contributed by atoms with Gasteiger partial charge in [-0.15, -0.1) is 5.10 Å². The second-order valence-corrected chi connectivity index (χ2v) is 6.08. The monoisotopic (exact) mass is 398 g/mol. The van der Waals surface area contributed by atoms with Crippen LogP contribution in [-0.2, 0) is 11.0 Å². The van der Waals surface area contributed by atoms with Crippen LogP contribution in [0.15, 0.2) is 42.9 Å². The fourth-order valence-electron chi connectivity index (χ4n) is 2.62. The van der Waals surface area contributed by atoms with Crippen molar-refractivity contribution in [1.29, 1.82) is 5.26 Å². The zero-order valence-electron chi connectivity index (χ0n) is 15.0. The molecule has 0 radical (unpaired) electrons. The molecule has 2 aromatic heterocycles. The lowest BCUT2D eigenvalue weighted by atomic mass is 10.1. The Morgan fingerprint density at radius 1 is 1.24 bits per heavy atom. The summed E-state index contributed by atoms with van der Waals surface area (Å²) in [7, 11) is 0. The summed E-state index contributed by atoms with van der Waals surface area (Å²) in [4.78, 5) is 19.7. The number of aromatic nitrogens is 4. The topological polar surface area (TPSA) is 110 Å². The Balaban J connectivity index is 2.02. The molecule has 3 rings (SSSR count). The molecule has 0 aliphatic heterocycles. The van der Waals surface area contributed by atoms with Crippen LogP contribution in [-0.4, -0.2) is 25.7 Å². The van der Waals surface area contributed by atoms with E-state index in [1.165, 1.54) is 43.8 Å². The van der Waals surface area contributed by atoms with Gasteiger partial charge in [-0.2, -0.15) is 18.4 Å². The molecule has 0 atom stereocenters. The van der Waals surface area contributed by atoms with Crippen LogP contribution >= 0.6 is 0 Å². The molecule has 0 unspecified atom stereocenters. The van der Waals surface area contributed by atoms with Gasteiger partial charge in [-0.05, 0) is 48.4 Å². The number of hydrogen-bond acceptors (Lipinski definition) is 5. The van der Waals surface area contributed by atoms with E-state index in [0.29, 0.717) is 11.1 Å². The van der Waals surface area contributed by atoms with Gasteiger partial charge in [0.15, 0.2) is 5.82 Å². The molecular formula is C19H13F3N6O. The summed E-state index contributed by atoms with van der Waals surface area (Å²) in [5.41, 5.74) is 5.66. The highest BCUT2D eigenvalue weighted by molar-refractivity contribution is 6.22. The molecule has 7 nitrogen and oxygen atoms in total. The zero-order valence-corrected chi connectivity index (χ0v) is 15.0. The van der Waals surface area contributed by atoms with E-state index >= 15 is 0 Å². The quantitative estimate of drug-likeness (QED) is 0.679. The van der Waals surface area contributed by atoms with Gasteiger partial charge in [-0.1, -0.05) is 0 Å². The second-order valence-electron chi connectivity index (χ2n) is 6.08. The number of halogens is 3. The lowest BCUT2D eigenvalue weighted by Crippen LogP contribution is -2.14. The standard InChI is InChI=1S/C19H13F3N6O/c1-11-4-13(6-14(5-11)19(20,21)22)18-26-10-28(27-18)9-16(17(24)29)12-2-3-25-15(7-12)8-23/h2-7,9-10H,1H3,(H2,24,29)/b16-9+. The van der Waals surface area contributed by atoms with E-state index in [1.54, 1.807) is 0 Å². The molecule has 0 spiro atoms. The highest BCUT2D eigenvalue weighted by atomic mass is 19.4. The molecule has 146 valence electrons. The molecule has 0 bridgehead atoms. The summed E-state index contributed by atoms with van der Waals surface area (Å²) >= 11 is 0. The van der Waals surface area contributed by atoms with Gasteiger partial charge in [-0.3, -0.25) is 4.79 Å². The predicted molar refractivity (Wildman–Crippen MR) is 97.5 cm³/mol. The van der Waals surface area contributed by atoms with Gasteiger partial charge in [-0.25, -0.2) is 14.6 Å². The van der Waals surface area contributed by atoms with E-state index in [2.05, 4.69) is 15.1 Å². The van der Waals surface area contributed by atoms with Gasteiger partial charge in [0.05, 0.1) is 11.1 Å². The number of pyridine rings is 1. The number of carbonyl (C=O) groups excluding carboxylic acids is 1. The number of nitriles is 1. The van der Waals surface area contributed by atoms with Crippen molar-refractivity contribution < 1.29 is 18.0 Å². The highest BCUT2D eigenvalue weighted by Crippen LogP contribution is 2.32. The first-order chi connectivity index (χ1) is 13.7. The summed E-state index contributed by atoms with van der Waals surface area (Å²) in [6.07, 6.45) is -0.638. The predicted octanol–water partition coefficient (Wildman–Crippen LogP) is 3.02. The van der Waals surface area contributed by atoms with Crippen molar-refractivity contribution in [3.8, 4) is 17.5 Å². The van der Waals surface area contributed by atoms with Gasteiger partial charge in [0.25, 0.3) is 5.91 Å². The average Bonchev–Trinajstić information content (AvgIpc) is 3.13.